The molecule has 1 heterocycles. The molecule has 2 aromatic rings. The molecular formula is C17H20ClN5O2. The summed E-state index contributed by atoms with van der Waals surface area (Å²) in [6.07, 6.45) is 0.309. The number of nitrogens with one attached hydrogen (secondary N) is 1. The molecule has 0 atom stereocenters. The second-order valence-electron chi connectivity index (χ2n) is 5.25. The summed E-state index contributed by atoms with van der Waals surface area (Å²) in [6.45, 7) is 5.89. The molecule has 0 bridgehead atoms. The van der Waals surface area contributed by atoms with E-state index < -0.39 is 0 Å². The number of aromatic nitrogens is 1. The number of hydrogen-bond acceptors (Lipinski definition) is 4. The minimum Gasteiger partial charge on any atom is -0.287 e. The summed E-state index contributed by atoms with van der Waals surface area (Å²) >= 11 is 6.14. The number of aryl methyl sites for hydroxylation is 1. The first kappa shape index (κ1) is 18.7. The van der Waals surface area contributed by atoms with Crippen molar-refractivity contribution in [2.45, 2.75) is 27.2 Å². The molecule has 0 fully saturated rings. The summed E-state index contributed by atoms with van der Waals surface area (Å²) in [4.78, 5) is 24.1. The SMILES string of the molecule is CCC(=O)N/N=N/N(CC)n1c(C)ccc1C(=O)c1ccccc1Cl. The highest BCUT2D eigenvalue weighted by Crippen LogP contribution is 2.21. The maximum Gasteiger partial charge on any atom is 0.241 e. The molecule has 132 valence electrons. The van der Waals surface area contributed by atoms with E-state index in [1.165, 1.54) is 5.12 Å². The molecule has 2 rings (SSSR count). The van der Waals surface area contributed by atoms with Gasteiger partial charge < -0.3 is 0 Å². The average molecular weight is 362 g/mol. The summed E-state index contributed by atoms with van der Waals surface area (Å²) < 4.78 is 1.65. The highest BCUT2D eigenvalue weighted by atomic mass is 35.5. The van der Waals surface area contributed by atoms with Gasteiger partial charge in [0.25, 0.3) is 0 Å². The Bertz CT molecular complexity index is 800. The van der Waals surface area contributed by atoms with Crippen LogP contribution >= 0.6 is 11.6 Å². The Kier molecular flexibility index (Phi) is 6.30. The molecule has 0 saturated heterocycles. The molecule has 25 heavy (non-hydrogen) atoms. The summed E-state index contributed by atoms with van der Waals surface area (Å²) in [5.41, 5.74) is 3.95. The standard InChI is InChI=1S/C17H20ClN5O2/c1-4-16(24)19-20-21-22(5-2)23-12(3)10-11-15(23)17(25)13-8-6-7-9-14(13)18/h6-11H,4-5H2,1-3H3,(H,19,21,24). The van der Waals surface area contributed by atoms with Crippen LogP contribution in [0.2, 0.25) is 5.02 Å². The van der Waals surface area contributed by atoms with Crippen LogP contribution in [0.1, 0.15) is 42.0 Å². The van der Waals surface area contributed by atoms with Gasteiger partial charge in [-0.3, -0.25) is 9.59 Å². The minimum absolute atomic E-state index is 0.218. The van der Waals surface area contributed by atoms with E-state index in [2.05, 4.69) is 15.9 Å². The number of carbonyl (C=O) groups is 2. The summed E-state index contributed by atoms with van der Waals surface area (Å²) in [7, 11) is 0. The Morgan fingerprint density at radius 3 is 2.56 bits per heavy atom. The van der Waals surface area contributed by atoms with Gasteiger partial charge >= 0.3 is 0 Å². The monoisotopic (exact) mass is 361 g/mol. The molecular weight excluding hydrogens is 342 g/mol. The van der Waals surface area contributed by atoms with Gasteiger partial charge in [0.1, 0.15) is 5.69 Å². The third kappa shape index (κ3) is 4.24. The molecule has 7 nitrogen and oxygen atoms in total. The zero-order valence-corrected chi connectivity index (χ0v) is 15.1. The fraction of sp³-hybridized carbons (Fsp3) is 0.294. The van der Waals surface area contributed by atoms with Gasteiger partial charge in [-0.2, -0.15) is 5.12 Å². The quantitative estimate of drug-likeness (QED) is 0.466. The molecule has 0 aliphatic heterocycles. The molecule has 1 amide bonds. The van der Waals surface area contributed by atoms with Gasteiger partial charge in [0, 0.05) is 17.7 Å². The van der Waals surface area contributed by atoms with Crippen molar-refractivity contribution in [3.8, 4) is 0 Å². The lowest BCUT2D eigenvalue weighted by Gasteiger charge is -2.21. The lowest BCUT2D eigenvalue weighted by molar-refractivity contribution is -0.120. The number of carbonyl (C=O) groups excluding carboxylic acids is 2. The third-order valence-corrected chi connectivity index (χ3v) is 3.88. The van der Waals surface area contributed by atoms with Crippen molar-refractivity contribution in [1.29, 1.82) is 0 Å². The second-order valence-corrected chi connectivity index (χ2v) is 5.65. The predicted octanol–water partition coefficient (Wildman–Crippen LogP) is 3.45. The predicted molar refractivity (Wildman–Crippen MR) is 96.1 cm³/mol. The molecule has 0 aliphatic carbocycles. The van der Waals surface area contributed by atoms with E-state index in [0.29, 0.717) is 29.2 Å². The van der Waals surface area contributed by atoms with Crippen molar-refractivity contribution in [2.24, 2.45) is 10.4 Å². The van der Waals surface area contributed by atoms with Crippen LogP contribution in [0.4, 0.5) is 0 Å². The van der Waals surface area contributed by atoms with Gasteiger partial charge in [-0.1, -0.05) is 30.7 Å². The first-order chi connectivity index (χ1) is 12.0. The van der Waals surface area contributed by atoms with Crippen LogP contribution in [0.25, 0.3) is 0 Å². The first-order valence-corrected chi connectivity index (χ1v) is 8.32. The van der Waals surface area contributed by atoms with Crippen LogP contribution in [0.5, 0.6) is 0 Å². The molecule has 0 spiro atoms. The fourth-order valence-electron chi connectivity index (χ4n) is 2.25. The Morgan fingerprint density at radius 2 is 1.92 bits per heavy atom. The smallest absolute Gasteiger partial charge is 0.241 e. The zero-order chi connectivity index (χ0) is 18.4. The van der Waals surface area contributed by atoms with Crippen molar-refractivity contribution in [3.63, 3.8) is 0 Å². The minimum atomic E-state index is -0.239. The Hall–Kier alpha value is -2.67. The number of hydrogen-bond donors (Lipinski definition) is 1. The van der Waals surface area contributed by atoms with E-state index in [-0.39, 0.29) is 11.7 Å². The molecule has 8 heteroatoms. The maximum absolute atomic E-state index is 12.9. The van der Waals surface area contributed by atoms with Crippen molar-refractivity contribution >= 4 is 23.3 Å². The van der Waals surface area contributed by atoms with Crippen molar-refractivity contribution in [1.82, 2.24) is 10.1 Å². The van der Waals surface area contributed by atoms with E-state index in [9.17, 15) is 9.59 Å². The van der Waals surface area contributed by atoms with Gasteiger partial charge in [0.05, 0.1) is 11.6 Å². The molecule has 1 N–H and O–H groups in total. The van der Waals surface area contributed by atoms with Crippen LogP contribution < -0.4 is 10.5 Å². The van der Waals surface area contributed by atoms with Gasteiger partial charge in [-0.05, 0) is 48.6 Å². The molecule has 1 aromatic carbocycles. The maximum atomic E-state index is 12.9. The summed E-state index contributed by atoms with van der Waals surface area (Å²) in [5, 5.41) is 9.57. The van der Waals surface area contributed by atoms with Crippen LogP contribution in [-0.4, -0.2) is 22.9 Å². The van der Waals surface area contributed by atoms with Crippen LogP contribution in [0, 0.1) is 6.92 Å². The van der Waals surface area contributed by atoms with E-state index in [0.717, 1.165) is 5.69 Å². The molecule has 0 radical (unpaired) electrons. The summed E-state index contributed by atoms with van der Waals surface area (Å²) in [5.74, 6) is -0.457. The number of benzene rings is 1. The van der Waals surface area contributed by atoms with Crippen LogP contribution in [0.15, 0.2) is 46.8 Å². The van der Waals surface area contributed by atoms with Crippen LogP contribution in [-0.2, 0) is 4.79 Å². The number of halogens is 1. The molecule has 0 unspecified atom stereocenters. The number of amides is 1. The normalized spacial score (nSPS) is 10.9. The lowest BCUT2D eigenvalue weighted by Crippen LogP contribution is -2.33. The lowest BCUT2D eigenvalue weighted by atomic mass is 10.1. The van der Waals surface area contributed by atoms with Crippen molar-refractivity contribution < 1.29 is 9.59 Å². The fourth-order valence-corrected chi connectivity index (χ4v) is 2.47. The first-order valence-electron chi connectivity index (χ1n) is 7.94. The van der Waals surface area contributed by atoms with E-state index >= 15 is 0 Å². The van der Waals surface area contributed by atoms with Crippen LogP contribution in [0.3, 0.4) is 0 Å². The molecule has 0 saturated carbocycles. The van der Waals surface area contributed by atoms with E-state index in [1.54, 1.807) is 41.9 Å². The van der Waals surface area contributed by atoms with Gasteiger partial charge in [0.2, 0.25) is 11.7 Å². The van der Waals surface area contributed by atoms with Gasteiger partial charge in [-0.15, -0.1) is 0 Å². The second kappa shape index (κ2) is 8.43. The number of nitrogens with zero attached hydrogens (tertiary/aromatic N) is 4. The highest BCUT2D eigenvalue weighted by Gasteiger charge is 2.20. The summed E-state index contributed by atoms with van der Waals surface area (Å²) in [6, 6.07) is 10.4. The van der Waals surface area contributed by atoms with Crippen molar-refractivity contribution in [3.05, 3.63) is 58.4 Å². The van der Waals surface area contributed by atoms with E-state index in [1.807, 2.05) is 19.9 Å². The van der Waals surface area contributed by atoms with Gasteiger partial charge in [0.15, 0.2) is 0 Å². The molecule has 1 aromatic heterocycles. The largest absolute Gasteiger partial charge is 0.287 e. The Labute approximate surface area is 151 Å². The topological polar surface area (TPSA) is 79.1 Å². The zero-order valence-electron chi connectivity index (χ0n) is 14.4. The third-order valence-electron chi connectivity index (χ3n) is 3.55. The molecule has 0 aliphatic rings. The number of rotatable bonds is 7. The Morgan fingerprint density at radius 1 is 1.20 bits per heavy atom. The van der Waals surface area contributed by atoms with Crippen molar-refractivity contribution in [2.75, 3.05) is 11.7 Å². The Balaban J connectivity index is 2.35. The highest BCUT2D eigenvalue weighted by molar-refractivity contribution is 6.34. The van der Waals surface area contributed by atoms with Gasteiger partial charge in [-0.25, -0.2) is 10.1 Å². The van der Waals surface area contributed by atoms with E-state index in [4.69, 9.17) is 11.6 Å². The average Bonchev–Trinajstić information content (AvgIpc) is 3.00. The number of ketones is 1.